The minimum absolute atomic E-state index is 0.0208. The van der Waals surface area contributed by atoms with Gasteiger partial charge in [0, 0.05) is 25.3 Å². The lowest BCUT2D eigenvalue weighted by Crippen LogP contribution is -2.27. The highest BCUT2D eigenvalue weighted by atomic mass is 19.3. The third-order valence-electron chi connectivity index (χ3n) is 2.04. The van der Waals surface area contributed by atoms with E-state index in [1.165, 1.54) is 6.07 Å². The topological polar surface area (TPSA) is 29.3 Å². The molecule has 0 heterocycles. The summed E-state index contributed by atoms with van der Waals surface area (Å²) in [6.45, 7) is -0.669. The Morgan fingerprint density at radius 2 is 1.86 bits per heavy atom. The molecule has 0 aromatic heterocycles. The molecular weight excluding hydrogens is 186 g/mol. The van der Waals surface area contributed by atoms with E-state index in [1.807, 2.05) is 0 Å². The van der Waals surface area contributed by atoms with Crippen molar-refractivity contribution in [1.29, 1.82) is 0 Å². The highest BCUT2D eigenvalue weighted by Gasteiger charge is 2.32. The lowest BCUT2D eigenvalue weighted by molar-refractivity contribution is 0.00650. The van der Waals surface area contributed by atoms with Gasteiger partial charge in [0.25, 0.3) is 5.92 Å². The molecule has 78 valence electrons. The van der Waals surface area contributed by atoms with E-state index in [0.717, 1.165) is 0 Å². The van der Waals surface area contributed by atoms with Crippen LogP contribution in [0.3, 0.4) is 0 Å². The van der Waals surface area contributed by atoms with Gasteiger partial charge in [0.1, 0.15) is 0 Å². The van der Waals surface area contributed by atoms with Crippen molar-refractivity contribution in [2.45, 2.75) is 5.92 Å². The maximum Gasteiger partial charge on any atom is 0.287 e. The molecule has 0 aliphatic heterocycles. The first-order chi connectivity index (χ1) is 6.49. The van der Waals surface area contributed by atoms with Crippen LogP contribution in [0, 0.1) is 0 Å². The molecule has 14 heavy (non-hydrogen) atoms. The monoisotopic (exact) mass is 200 g/mol. The van der Waals surface area contributed by atoms with Crippen molar-refractivity contribution in [3.63, 3.8) is 0 Å². The van der Waals surface area contributed by atoms with E-state index in [-0.39, 0.29) is 5.56 Å². The summed E-state index contributed by atoms with van der Waals surface area (Å²) < 4.78 is 26.7. The number of anilines is 1. The molecule has 1 aromatic carbocycles. The van der Waals surface area contributed by atoms with Gasteiger partial charge in [-0.2, -0.15) is 8.78 Å². The maximum atomic E-state index is 13.4. The average molecular weight is 200 g/mol. The van der Waals surface area contributed by atoms with E-state index in [2.05, 4.69) is 0 Å². The third kappa shape index (κ3) is 2.01. The first kappa shape index (κ1) is 10.9. The van der Waals surface area contributed by atoms with Crippen LogP contribution in [0.5, 0.6) is 0 Å². The van der Waals surface area contributed by atoms with Crippen molar-refractivity contribution in [1.82, 2.24) is 0 Å². The Kier molecular flexibility index (Phi) is 3.06. The smallest absolute Gasteiger partial charge is 0.287 e. The molecule has 1 rings (SSSR count). The zero-order chi connectivity index (χ0) is 10.8. The van der Waals surface area contributed by atoms with Gasteiger partial charge in [-0.3, -0.25) is 0 Å². The minimum atomic E-state index is -2.96. The summed E-state index contributed by atoms with van der Waals surface area (Å²) in [4.78, 5) is 1.65. The summed E-state index contributed by atoms with van der Waals surface area (Å²) in [7, 11) is 3.46. The molecule has 0 aliphatic rings. The highest BCUT2D eigenvalue weighted by Crippen LogP contribution is 2.33. The molecule has 0 spiro atoms. The van der Waals surface area contributed by atoms with E-state index >= 15 is 0 Å². The van der Waals surface area contributed by atoms with Crippen LogP contribution in [0.2, 0.25) is 0 Å². The molecule has 0 atom stereocenters. The van der Waals surface area contributed by atoms with Crippen LogP contribution in [0.15, 0.2) is 24.3 Å². The molecule has 0 saturated carbocycles. The Balaban J connectivity index is 3.20. The Bertz CT molecular complexity index is 311. The standard InChI is InChI=1S/C10H14F2N2/c1-14(2)9-6-4-3-5-8(9)10(11,12)7-13/h3-6H,7,13H2,1-2H3. The van der Waals surface area contributed by atoms with Crippen molar-refractivity contribution in [2.75, 3.05) is 25.5 Å². The van der Waals surface area contributed by atoms with Gasteiger partial charge in [-0.25, -0.2) is 0 Å². The Hall–Kier alpha value is -1.16. The fourth-order valence-corrected chi connectivity index (χ4v) is 1.28. The zero-order valence-electron chi connectivity index (χ0n) is 8.30. The lowest BCUT2D eigenvalue weighted by Gasteiger charge is -2.22. The number of alkyl halides is 2. The summed E-state index contributed by atoms with van der Waals surface area (Å²) in [6, 6.07) is 6.37. The molecular formula is C10H14F2N2. The summed E-state index contributed by atoms with van der Waals surface area (Å²) >= 11 is 0. The Morgan fingerprint density at radius 1 is 1.29 bits per heavy atom. The van der Waals surface area contributed by atoms with Crippen molar-refractivity contribution in [3.05, 3.63) is 29.8 Å². The molecule has 0 amide bonds. The van der Waals surface area contributed by atoms with Crippen LogP contribution in [-0.4, -0.2) is 20.6 Å². The van der Waals surface area contributed by atoms with E-state index < -0.39 is 12.5 Å². The second-order valence-corrected chi connectivity index (χ2v) is 3.32. The fraction of sp³-hybridized carbons (Fsp3) is 0.400. The molecule has 0 unspecified atom stereocenters. The number of benzene rings is 1. The van der Waals surface area contributed by atoms with Crippen LogP contribution in [0.1, 0.15) is 5.56 Å². The van der Waals surface area contributed by atoms with Gasteiger partial charge in [-0.05, 0) is 6.07 Å². The van der Waals surface area contributed by atoms with Crippen molar-refractivity contribution in [3.8, 4) is 0 Å². The Morgan fingerprint density at radius 3 is 2.36 bits per heavy atom. The molecule has 4 heteroatoms. The van der Waals surface area contributed by atoms with Crippen LogP contribution >= 0.6 is 0 Å². The van der Waals surface area contributed by atoms with Gasteiger partial charge in [0.2, 0.25) is 0 Å². The molecule has 1 aromatic rings. The van der Waals surface area contributed by atoms with Gasteiger partial charge >= 0.3 is 0 Å². The molecule has 0 fully saturated rings. The molecule has 2 N–H and O–H groups in total. The number of rotatable bonds is 3. The van der Waals surface area contributed by atoms with E-state index in [4.69, 9.17) is 5.73 Å². The molecule has 0 radical (unpaired) electrons. The summed E-state index contributed by atoms with van der Waals surface area (Å²) in [5.74, 6) is -2.96. The Labute approximate surface area is 82.3 Å². The maximum absolute atomic E-state index is 13.4. The van der Waals surface area contributed by atoms with E-state index in [9.17, 15) is 8.78 Å². The minimum Gasteiger partial charge on any atom is -0.377 e. The number of hydrogen-bond donors (Lipinski definition) is 1. The summed E-state index contributed by atoms with van der Waals surface area (Å²) in [6.07, 6.45) is 0. The fourth-order valence-electron chi connectivity index (χ4n) is 1.28. The molecule has 2 nitrogen and oxygen atoms in total. The van der Waals surface area contributed by atoms with Crippen molar-refractivity contribution in [2.24, 2.45) is 5.73 Å². The first-order valence-corrected chi connectivity index (χ1v) is 4.34. The van der Waals surface area contributed by atoms with Crippen molar-refractivity contribution >= 4 is 5.69 Å². The van der Waals surface area contributed by atoms with E-state index in [1.54, 1.807) is 37.2 Å². The lowest BCUT2D eigenvalue weighted by atomic mass is 10.1. The number of para-hydroxylation sites is 1. The van der Waals surface area contributed by atoms with Crippen molar-refractivity contribution < 1.29 is 8.78 Å². The third-order valence-corrected chi connectivity index (χ3v) is 2.04. The van der Waals surface area contributed by atoms with Gasteiger partial charge in [-0.15, -0.1) is 0 Å². The molecule has 0 saturated heterocycles. The predicted molar refractivity (Wildman–Crippen MR) is 53.7 cm³/mol. The molecule has 0 aliphatic carbocycles. The second-order valence-electron chi connectivity index (χ2n) is 3.32. The number of halogens is 2. The quantitative estimate of drug-likeness (QED) is 0.806. The first-order valence-electron chi connectivity index (χ1n) is 4.34. The van der Waals surface area contributed by atoms with Crippen LogP contribution < -0.4 is 10.6 Å². The number of nitrogens with two attached hydrogens (primary N) is 1. The van der Waals surface area contributed by atoms with Gasteiger partial charge in [0.05, 0.1) is 6.54 Å². The number of hydrogen-bond acceptors (Lipinski definition) is 2. The van der Waals surface area contributed by atoms with E-state index in [0.29, 0.717) is 5.69 Å². The average Bonchev–Trinajstić information content (AvgIpc) is 2.18. The van der Waals surface area contributed by atoms with Crippen LogP contribution in [0.25, 0.3) is 0 Å². The normalized spacial score (nSPS) is 11.5. The SMILES string of the molecule is CN(C)c1ccccc1C(F)(F)CN. The zero-order valence-corrected chi connectivity index (χ0v) is 8.30. The predicted octanol–water partition coefficient (Wildman–Crippen LogP) is 1.80. The number of nitrogens with zero attached hydrogens (tertiary/aromatic N) is 1. The molecule has 0 bridgehead atoms. The highest BCUT2D eigenvalue weighted by molar-refractivity contribution is 5.54. The summed E-state index contributed by atoms with van der Waals surface area (Å²) in [5, 5.41) is 0. The summed E-state index contributed by atoms with van der Waals surface area (Å²) in [5.41, 5.74) is 5.52. The second kappa shape index (κ2) is 3.92. The van der Waals surface area contributed by atoms with Gasteiger partial charge < -0.3 is 10.6 Å². The van der Waals surface area contributed by atoms with Gasteiger partial charge in [0.15, 0.2) is 0 Å². The van der Waals surface area contributed by atoms with Crippen LogP contribution in [-0.2, 0) is 5.92 Å². The van der Waals surface area contributed by atoms with Gasteiger partial charge in [-0.1, -0.05) is 18.2 Å². The van der Waals surface area contributed by atoms with Crippen LogP contribution in [0.4, 0.5) is 14.5 Å². The largest absolute Gasteiger partial charge is 0.377 e.